The maximum Gasteiger partial charge on any atom is 0.253 e. The summed E-state index contributed by atoms with van der Waals surface area (Å²) in [5.74, 6) is -0.582. The Bertz CT molecular complexity index is 499. The molecule has 1 aliphatic heterocycles. The molecular formula is C14H19N3O2. The lowest BCUT2D eigenvalue weighted by atomic mass is 9.99. The molecule has 1 aromatic rings. The van der Waals surface area contributed by atoms with Crippen molar-refractivity contribution >= 4 is 17.5 Å². The Morgan fingerprint density at radius 3 is 3.00 bits per heavy atom. The second-order valence-corrected chi connectivity index (χ2v) is 4.91. The molecular weight excluding hydrogens is 242 g/mol. The number of amides is 2. The van der Waals surface area contributed by atoms with Gasteiger partial charge in [0.1, 0.15) is 0 Å². The Kier molecular flexibility index (Phi) is 4.04. The topological polar surface area (TPSA) is 84.2 Å². The van der Waals surface area contributed by atoms with Gasteiger partial charge in [0.25, 0.3) is 5.91 Å². The van der Waals surface area contributed by atoms with Gasteiger partial charge in [-0.25, -0.2) is 0 Å². The highest BCUT2D eigenvalue weighted by atomic mass is 16.2. The number of rotatable bonds is 4. The summed E-state index contributed by atoms with van der Waals surface area (Å²) < 4.78 is 0. The molecule has 1 unspecified atom stereocenters. The van der Waals surface area contributed by atoms with Gasteiger partial charge >= 0.3 is 0 Å². The molecule has 19 heavy (non-hydrogen) atoms. The molecule has 4 N–H and O–H groups in total. The van der Waals surface area contributed by atoms with Gasteiger partial charge in [-0.15, -0.1) is 0 Å². The molecule has 5 heteroatoms. The van der Waals surface area contributed by atoms with E-state index < -0.39 is 5.91 Å². The van der Waals surface area contributed by atoms with E-state index in [4.69, 9.17) is 5.73 Å². The third kappa shape index (κ3) is 3.24. The maximum atomic E-state index is 12.2. The van der Waals surface area contributed by atoms with Crippen LogP contribution in [-0.4, -0.2) is 24.4 Å². The summed E-state index contributed by atoms with van der Waals surface area (Å²) in [6.07, 6.45) is 2.21. The monoisotopic (exact) mass is 261 g/mol. The fraction of sp³-hybridized carbons (Fsp3) is 0.429. The van der Waals surface area contributed by atoms with E-state index in [-0.39, 0.29) is 18.4 Å². The second kappa shape index (κ2) is 5.73. The van der Waals surface area contributed by atoms with Crippen LogP contribution in [0.25, 0.3) is 0 Å². The van der Waals surface area contributed by atoms with Crippen LogP contribution >= 0.6 is 0 Å². The van der Waals surface area contributed by atoms with Crippen LogP contribution in [0.1, 0.15) is 35.7 Å². The van der Waals surface area contributed by atoms with Gasteiger partial charge in [-0.05, 0) is 31.4 Å². The molecule has 5 nitrogen and oxygen atoms in total. The molecule has 0 saturated heterocycles. The highest BCUT2D eigenvalue weighted by Gasteiger charge is 2.18. The van der Waals surface area contributed by atoms with Crippen molar-refractivity contribution in [3.05, 3.63) is 29.3 Å². The Labute approximate surface area is 112 Å². The van der Waals surface area contributed by atoms with E-state index in [2.05, 4.69) is 10.6 Å². The van der Waals surface area contributed by atoms with Crippen LogP contribution < -0.4 is 16.4 Å². The van der Waals surface area contributed by atoms with Crippen LogP contribution in [0.4, 0.5) is 5.69 Å². The Balaban J connectivity index is 2.13. The third-order valence-electron chi connectivity index (χ3n) is 3.20. The zero-order valence-corrected chi connectivity index (χ0v) is 11.0. The normalized spacial score (nSPS) is 15.0. The molecule has 0 bridgehead atoms. The molecule has 1 aliphatic rings. The molecule has 0 radical (unpaired) electrons. The van der Waals surface area contributed by atoms with Crippen LogP contribution in [0, 0.1) is 0 Å². The number of nitrogens with two attached hydrogens (primary N) is 1. The minimum Gasteiger partial charge on any atom is -0.384 e. The number of nitrogens with one attached hydrogen (secondary N) is 2. The van der Waals surface area contributed by atoms with Crippen LogP contribution in [-0.2, 0) is 11.2 Å². The molecule has 1 heterocycles. The van der Waals surface area contributed by atoms with Gasteiger partial charge in [0.2, 0.25) is 5.91 Å². The molecule has 0 fully saturated rings. The Hall–Kier alpha value is -2.04. The fourth-order valence-corrected chi connectivity index (χ4v) is 2.35. The van der Waals surface area contributed by atoms with Crippen LogP contribution in [0.3, 0.4) is 0 Å². The number of benzene rings is 1. The summed E-state index contributed by atoms with van der Waals surface area (Å²) >= 11 is 0. The van der Waals surface area contributed by atoms with Crippen molar-refractivity contribution in [2.24, 2.45) is 5.73 Å². The van der Waals surface area contributed by atoms with E-state index in [1.807, 2.05) is 12.1 Å². The largest absolute Gasteiger partial charge is 0.384 e. The zero-order valence-electron chi connectivity index (χ0n) is 11.0. The number of carbonyl (C=O) groups is 2. The first-order chi connectivity index (χ1) is 9.08. The minimum atomic E-state index is -0.416. The molecule has 1 aromatic carbocycles. The van der Waals surface area contributed by atoms with Gasteiger partial charge in [0.15, 0.2) is 0 Å². The molecule has 2 rings (SSSR count). The van der Waals surface area contributed by atoms with Crippen molar-refractivity contribution in [3.63, 3.8) is 0 Å². The maximum absolute atomic E-state index is 12.2. The highest BCUT2D eigenvalue weighted by Crippen LogP contribution is 2.25. The summed E-state index contributed by atoms with van der Waals surface area (Å²) in [6, 6.07) is 5.46. The van der Waals surface area contributed by atoms with Gasteiger partial charge in [0.05, 0.1) is 11.3 Å². The Morgan fingerprint density at radius 1 is 1.47 bits per heavy atom. The number of primary amides is 1. The summed E-state index contributed by atoms with van der Waals surface area (Å²) in [5.41, 5.74) is 7.83. The molecule has 0 saturated carbocycles. The lowest BCUT2D eigenvalue weighted by molar-refractivity contribution is -0.118. The van der Waals surface area contributed by atoms with Crippen molar-refractivity contribution in [1.82, 2.24) is 5.32 Å². The van der Waals surface area contributed by atoms with Gasteiger partial charge in [-0.2, -0.15) is 0 Å². The molecule has 0 aromatic heterocycles. The Morgan fingerprint density at radius 2 is 2.26 bits per heavy atom. The average molecular weight is 261 g/mol. The van der Waals surface area contributed by atoms with Crippen molar-refractivity contribution in [3.8, 4) is 0 Å². The number of anilines is 1. The summed E-state index contributed by atoms with van der Waals surface area (Å²) in [7, 11) is 0. The van der Waals surface area contributed by atoms with E-state index in [1.54, 1.807) is 13.0 Å². The van der Waals surface area contributed by atoms with E-state index in [1.165, 1.54) is 5.56 Å². The van der Waals surface area contributed by atoms with Crippen molar-refractivity contribution in [2.75, 3.05) is 11.9 Å². The summed E-state index contributed by atoms with van der Waals surface area (Å²) in [4.78, 5) is 23.0. The molecule has 102 valence electrons. The summed E-state index contributed by atoms with van der Waals surface area (Å²) in [5, 5.41) is 6.07. The number of aryl methyl sites for hydroxylation is 1. The number of hydrogen-bond acceptors (Lipinski definition) is 3. The molecule has 1 atom stereocenters. The van der Waals surface area contributed by atoms with Crippen LogP contribution in [0.5, 0.6) is 0 Å². The lowest BCUT2D eigenvalue weighted by Gasteiger charge is -2.21. The van der Waals surface area contributed by atoms with Gasteiger partial charge in [-0.3, -0.25) is 9.59 Å². The predicted octanol–water partition coefficient (Wildman–Crippen LogP) is 1.04. The van der Waals surface area contributed by atoms with E-state index >= 15 is 0 Å². The fourth-order valence-electron chi connectivity index (χ4n) is 2.35. The zero-order chi connectivity index (χ0) is 13.8. The smallest absolute Gasteiger partial charge is 0.253 e. The van der Waals surface area contributed by atoms with Gasteiger partial charge in [0, 0.05) is 19.0 Å². The van der Waals surface area contributed by atoms with Crippen LogP contribution in [0.2, 0.25) is 0 Å². The summed E-state index contributed by atoms with van der Waals surface area (Å²) in [6.45, 7) is 2.65. The van der Waals surface area contributed by atoms with E-state index in [0.29, 0.717) is 5.56 Å². The van der Waals surface area contributed by atoms with Crippen molar-refractivity contribution in [1.29, 1.82) is 0 Å². The van der Waals surface area contributed by atoms with E-state index in [9.17, 15) is 9.59 Å². The number of para-hydroxylation sites is 1. The number of carbonyl (C=O) groups excluding carboxylic acids is 2. The second-order valence-electron chi connectivity index (χ2n) is 4.91. The quantitative estimate of drug-likeness (QED) is 0.757. The lowest BCUT2D eigenvalue weighted by Crippen LogP contribution is -2.36. The first-order valence-corrected chi connectivity index (χ1v) is 6.53. The predicted molar refractivity (Wildman–Crippen MR) is 74.0 cm³/mol. The first-order valence-electron chi connectivity index (χ1n) is 6.53. The average Bonchev–Trinajstić information content (AvgIpc) is 2.36. The highest BCUT2D eigenvalue weighted by molar-refractivity contribution is 6.00. The van der Waals surface area contributed by atoms with Gasteiger partial charge in [-0.1, -0.05) is 12.1 Å². The minimum absolute atomic E-state index is 0.147. The molecule has 2 amide bonds. The SMILES string of the molecule is CC(CC(N)=O)NC(=O)c1cccc2c1NCCC2. The van der Waals surface area contributed by atoms with Gasteiger partial charge < -0.3 is 16.4 Å². The van der Waals surface area contributed by atoms with Crippen LogP contribution in [0.15, 0.2) is 18.2 Å². The molecule has 0 spiro atoms. The number of fused-ring (bicyclic) bond motifs is 1. The van der Waals surface area contributed by atoms with E-state index in [0.717, 1.165) is 25.1 Å². The third-order valence-corrected chi connectivity index (χ3v) is 3.20. The first kappa shape index (κ1) is 13.4. The van der Waals surface area contributed by atoms with Crippen molar-refractivity contribution in [2.45, 2.75) is 32.2 Å². The van der Waals surface area contributed by atoms with Crippen molar-refractivity contribution < 1.29 is 9.59 Å². The standard InChI is InChI=1S/C14H19N3O2/c1-9(8-12(15)18)17-14(19)11-6-2-4-10-5-3-7-16-13(10)11/h2,4,6,9,16H,3,5,7-8H2,1H3,(H2,15,18)(H,17,19). The number of hydrogen-bond donors (Lipinski definition) is 3. The molecule has 0 aliphatic carbocycles.